The summed E-state index contributed by atoms with van der Waals surface area (Å²) in [5.74, 6) is 1.29. The first-order chi connectivity index (χ1) is 17.7. The smallest absolute Gasteiger partial charge is 0.408 e. The van der Waals surface area contributed by atoms with E-state index in [9.17, 15) is 9.59 Å². The van der Waals surface area contributed by atoms with E-state index in [1.165, 1.54) is 12.8 Å². The van der Waals surface area contributed by atoms with Gasteiger partial charge in [-0.05, 0) is 68.0 Å². The van der Waals surface area contributed by atoms with Gasteiger partial charge in [-0.25, -0.2) is 4.79 Å². The monoisotopic (exact) mass is 492 g/mol. The molecule has 0 radical (unpaired) electrons. The number of nitrogens with zero attached hydrogens (tertiary/aromatic N) is 1. The molecule has 194 valence electrons. The predicted octanol–water partition coefficient (Wildman–Crippen LogP) is 5.90. The molecule has 1 amide bonds. The van der Waals surface area contributed by atoms with Gasteiger partial charge in [0.25, 0.3) is 0 Å². The van der Waals surface area contributed by atoms with Crippen LogP contribution in [0.1, 0.15) is 75.0 Å². The lowest BCUT2D eigenvalue weighted by molar-refractivity contribution is -0.107. The number of benzene rings is 2. The van der Waals surface area contributed by atoms with Crippen LogP contribution in [0, 0.1) is 5.92 Å². The molecule has 2 unspecified atom stereocenters. The van der Waals surface area contributed by atoms with Crippen LogP contribution < -0.4 is 10.1 Å². The van der Waals surface area contributed by atoms with Gasteiger partial charge >= 0.3 is 6.09 Å². The van der Waals surface area contributed by atoms with E-state index >= 15 is 0 Å². The molecule has 36 heavy (non-hydrogen) atoms. The summed E-state index contributed by atoms with van der Waals surface area (Å²) >= 11 is 0. The number of carbonyl (C=O) groups excluding carboxylic acids is 2. The molecule has 3 aliphatic heterocycles. The number of hydrogen-bond donors (Lipinski definition) is 1. The fraction of sp³-hybridized carbons (Fsp3) is 0.533. The largest absolute Gasteiger partial charge is 0.494 e. The lowest BCUT2D eigenvalue weighted by atomic mass is 9.86. The number of amides is 1. The van der Waals surface area contributed by atoms with Gasteiger partial charge in [-0.3, -0.25) is 4.90 Å². The summed E-state index contributed by atoms with van der Waals surface area (Å²) < 4.78 is 12.0. The molecule has 3 aliphatic rings. The van der Waals surface area contributed by atoms with Crippen LogP contribution in [0.2, 0.25) is 0 Å². The van der Waals surface area contributed by atoms with E-state index in [-0.39, 0.29) is 18.2 Å². The second-order valence-electron chi connectivity index (χ2n) is 10.1. The maximum Gasteiger partial charge on any atom is 0.408 e. The molecule has 1 N–H and O–H groups in total. The predicted molar refractivity (Wildman–Crippen MR) is 141 cm³/mol. The van der Waals surface area contributed by atoms with Crippen molar-refractivity contribution in [2.75, 3.05) is 26.2 Å². The van der Waals surface area contributed by atoms with Crippen LogP contribution >= 0.6 is 0 Å². The Morgan fingerprint density at radius 3 is 2.39 bits per heavy atom. The van der Waals surface area contributed by atoms with Crippen LogP contribution in [-0.4, -0.2) is 49.6 Å². The molecule has 0 aliphatic carbocycles. The van der Waals surface area contributed by atoms with Crippen molar-refractivity contribution in [1.29, 1.82) is 0 Å². The van der Waals surface area contributed by atoms with Crippen molar-refractivity contribution in [3.63, 3.8) is 0 Å². The van der Waals surface area contributed by atoms with Crippen molar-refractivity contribution in [1.82, 2.24) is 10.2 Å². The average Bonchev–Trinajstić information content (AvgIpc) is 2.92. The van der Waals surface area contributed by atoms with Crippen molar-refractivity contribution in [3.05, 3.63) is 65.7 Å². The van der Waals surface area contributed by atoms with E-state index in [0.717, 1.165) is 81.3 Å². The summed E-state index contributed by atoms with van der Waals surface area (Å²) in [5.41, 5.74) is 1.98. The van der Waals surface area contributed by atoms with Gasteiger partial charge in [0.2, 0.25) is 0 Å². The molecule has 3 saturated heterocycles. The van der Waals surface area contributed by atoms with E-state index in [1.807, 2.05) is 54.6 Å². The van der Waals surface area contributed by atoms with Gasteiger partial charge in [0.1, 0.15) is 18.1 Å². The minimum absolute atomic E-state index is 0.0244. The highest BCUT2D eigenvalue weighted by Gasteiger charge is 2.36. The normalized spacial score (nSPS) is 21.5. The van der Waals surface area contributed by atoms with Crippen molar-refractivity contribution < 1.29 is 19.1 Å². The Morgan fingerprint density at radius 1 is 0.944 bits per heavy atom. The van der Waals surface area contributed by atoms with Crippen LogP contribution in [0.25, 0.3) is 0 Å². The molecule has 3 heterocycles. The summed E-state index contributed by atoms with van der Waals surface area (Å²) in [6.45, 7) is 3.75. The molecule has 0 spiro atoms. The Kier molecular flexibility index (Phi) is 10.2. The molecule has 6 nitrogen and oxygen atoms in total. The van der Waals surface area contributed by atoms with Gasteiger partial charge in [0, 0.05) is 13.0 Å². The fourth-order valence-corrected chi connectivity index (χ4v) is 5.35. The average molecular weight is 493 g/mol. The zero-order valence-electron chi connectivity index (χ0n) is 21.3. The van der Waals surface area contributed by atoms with Crippen molar-refractivity contribution in [3.8, 4) is 5.75 Å². The Hall–Kier alpha value is -2.86. The third-order valence-electron chi connectivity index (χ3n) is 7.43. The van der Waals surface area contributed by atoms with Crippen molar-refractivity contribution in [2.24, 2.45) is 5.92 Å². The highest BCUT2D eigenvalue weighted by atomic mass is 16.6. The summed E-state index contributed by atoms with van der Waals surface area (Å²) in [5, 5.41) is 3.13. The minimum Gasteiger partial charge on any atom is -0.494 e. The highest BCUT2D eigenvalue weighted by Crippen LogP contribution is 2.30. The number of rotatable bonds is 14. The number of carbonyl (C=O) groups is 2. The zero-order chi connectivity index (χ0) is 25.0. The fourth-order valence-electron chi connectivity index (χ4n) is 5.35. The van der Waals surface area contributed by atoms with Crippen LogP contribution in [0.3, 0.4) is 0 Å². The molecular weight excluding hydrogens is 452 g/mol. The van der Waals surface area contributed by atoms with Crippen molar-refractivity contribution >= 4 is 12.4 Å². The molecule has 3 fully saturated rings. The highest BCUT2D eigenvalue weighted by molar-refractivity contribution is 5.69. The van der Waals surface area contributed by atoms with Gasteiger partial charge in [0.15, 0.2) is 0 Å². The quantitative estimate of drug-likeness (QED) is 0.262. The first-order valence-corrected chi connectivity index (χ1v) is 13.6. The van der Waals surface area contributed by atoms with E-state index in [2.05, 4.69) is 10.2 Å². The second kappa shape index (κ2) is 14.0. The van der Waals surface area contributed by atoms with Gasteiger partial charge in [0.05, 0.1) is 12.6 Å². The van der Waals surface area contributed by atoms with Crippen LogP contribution in [0.15, 0.2) is 54.6 Å². The number of nitrogens with one attached hydrogen (secondary N) is 1. The van der Waals surface area contributed by atoms with E-state index in [4.69, 9.17) is 9.47 Å². The van der Waals surface area contributed by atoms with Crippen molar-refractivity contribution in [2.45, 2.75) is 69.9 Å². The number of piperidine rings is 3. The number of fused-ring (bicyclic) bond motifs is 3. The lowest BCUT2D eigenvalue weighted by Gasteiger charge is -2.43. The summed E-state index contributed by atoms with van der Waals surface area (Å²) in [7, 11) is 0. The maximum atomic E-state index is 13.0. The summed E-state index contributed by atoms with van der Waals surface area (Å²) in [4.78, 5) is 25.7. The third kappa shape index (κ3) is 7.82. The second-order valence-corrected chi connectivity index (χ2v) is 10.1. The first kappa shape index (κ1) is 26.2. The van der Waals surface area contributed by atoms with Crippen LogP contribution in [0.4, 0.5) is 4.79 Å². The molecule has 2 aromatic rings. The first-order valence-electron chi connectivity index (χ1n) is 13.6. The number of hydrogen-bond acceptors (Lipinski definition) is 5. The standard InChI is InChI=1S/C30H40N2O4/c33-20-9-4-2-1-3-5-10-21-35-27-15-11-14-26(22-27)29(25-12-7-6-8-13-25)31-30(34)36-28-23-32-18-16-24(28)17-19-32/h6-8,11-15,20,22,24,28-29H,1-5,9-10,16-19,21,23H2,(H,31,34). The molecule has 0 aromatic heterocycles. The van der Waals surface area contributed by atoms with Gasteiger partial charge in [-0.15, -0.1) is 0 Å². The van der Waals surface area contributed by atoms with E-state index < -0.39 is 0 Å². The number of ether oxygens (including phenoxy) is 2. The Balaban J connectivity index is 1.31. The zero-order valence-corrected chi connectivity index (χ0v) is 21.3. The third-order valence-corrected chi connectivity index (χ3v) is 7.43. The number of unbranched alkanes of at least 4 members (excludes halogenated alkanes) is 6. The van der Waals surface area contributed by atoms with E-state index in [0.29, 0.717) is 18.9 Å². The SMILES string of the molecule is O=CCCCCCCCCOc1cccc(C(NC(=O)OC2CN3CCC2CC3)c2ccccc2)c1. The Morgan fingerprint density at radius 2 is 1.67 bits per heavy atom. The van der Waals surface area contributed by atoms with Crippen LogP contribution in [0.5, 0.6) is 5.75 Å². The molecule has 0 saturated carbocycles. The van der Waals surface area contributed by atoms with Gasteiger partial charge in [-0.1, -0.05) is 68.1 Å². The molecule has 2 bridgehead atoms. The summed E-state index contributed by atoms with van der Waals surface area (Å²) in [6.07, 6.45) is 10.1. The Labute approximate surface area is 215 Å². The molecule has 5 rings (SSSR count). The molecule has 2 atom stereocenters. The van der Waals surface area contributed by atoms with Gasteiger partial charge in [-0.2, -0.15) is 0 Å². The number of aldehydes is 1. The maximum absolute atomic E-state index is 13.0. The van der Waals surface area contributed by atoms with Crippen LogP contribution in [-0.2, 0) is 9.53 Å². The Bertz CT molecular complexity index is 943. The topological polar surface area (TPSA) is 67.9 Å². The molecule has 2 aromatic carbocycles. The van der Waals surface area contributed by atoms with Gasteiger partial charge < -0.3 is 19.6 Å². The minimum atomic E-state index is -0.359. The van der Waals surface area contributed by atoms with E-state index in [1.54, 1.807) is 0 Å². The molecule has 6 heteroatoms. The summed E-state index contributed by atoms with van der Waals surface area (Å²) in [6, 6.07) is 17.7. The lowest BCUT2D eigenvalue weighted by Crippen LogP contribution is -2.52. The number of alkyl carbamates (subject to hydrolysis) is 1. The molecular formula is C30H40N2O4.